The lowest BCUT2D eigenvalue weighted by atomic mass is 10.2. The van der Waals surface area contributed by atoms with Crippen LogP contribution < -0.4 is 9.46 Å². The molecule has 1 heterocycles. The zero-order chi connectivity index (χ0) is 14.8. The number of aromatic nitrogens is 2. The second-order valence-electron chi connectivity index (χ2n) is 3.86. The largest absolute Gasteiger partial charge is 0.496 e. The zero-order valence-corrected chi connectivity index (χ0v) is 12.5. The Labute approximate surface area is 120 Å². The summed E-state index contributed by atoms with van der Waals surface area (Å²) < 4.78 is 31.7. The van der Waals surface area contributed by atoms with Gasteiger partial charge in [0.05, 0.1) is 18.6 Å². The molecule has 7 nitrogen and oxygen atoms in total. The summed E-state index contributed by atoms with van der Waals surface area (Å²) in [5.74, 6) is 0.429. The fourth-order valence-corrected chi connectivity index (χ4v) is 3.43. The normalized spacial score (nSPS) is 11.3. The van der Waals surface area contributed by atoms with E-state index in [1.807, 2.05) is 0 Å². The van der Waals surface area contributed by atoms with Crippen molar-refractivity contribution in [3.05, 3.63) is 28.8 Å². The lowest BCUT2D eigenvalue weighted by Gasteiger charge is -2.09. The Morgan fingerprint density at radius 3 is 2.70 bits per heavy atom. The number of hydrogen-bond donors (Lipinski definition) is 2. The van der Waals surface area contributed by atoms with Gasteiger partial charge in [-0.15, -0.1) is 10.2 Å². The highest BCUT2D eigenvalue weighted by molar-refractivity contribution is 7.93. The van der Waals surface area contributed by atoms with E-state index in [0.717, 1.165) is 11.3 Å². The monoisotopic (exact) mass is 315 g/mol. The molecule has 2 N–H and O–H groups in total. The molecule has 9 heteroatoms. The first kappa shape index (κ1) is 14.7. The van der Waals surface area contributed by atoms with Crippen LogP contribution in [-0.2, 0) is 16.6 Å². The van der Waals surface area contributed by atoms with Gasteiger partial charge in [-0.2, -0.15) is 0 Å². The van der Waals surface area contributed by atoms with Gasteiger partial charge >= 0.3 is 0 Å². The van der Waals surface area contributed by atoms with Crippen LogP contribution in [0.3, 0.4) is 0 Å². The predicted molar refractivity (Wildman–Crippen MR) is 74.4 cm³/mol. The van der Waals surface area contributed by atoms with Crippen LogP contribution in [-0.4, -0.2) is 30.8 Å². The second-order valence-corrected chi connectivity index (χ2v) is 6.73. The number of methoxy groups -OCH3 is 1. The summed E-state index contributed by atoms with van der Waals surface area (Å²) in [6.45, 7) is 1.41. The number of ether oxygens (including phenoxy) is 1. The molecule has 2 rings (SSSR count). The number of nitrogens with one attached hydrogen (secondary N) is 1. The molecule has 1 aromatic carbocycles. The maximum Gasteiger partial charge on any atom is 0.263 e. The Balaban J connectivity index is 2.34. The summed E-state index contributed by atoms with van der Waals surface area (Å²) in [6.07, 6.45) is 0. The molecule has 0 radical (unpaired) electrons. The van der Waals surface area contributed by atoms with Gasteiger partial charge in [0.25, 0.3) is 10.0 Å². The lowest BCUT2D eigenvalue weighted by Crippen LogP contribution is -2.13. The summed E-state index contributed by atoms with van der Waals surface area (Å²) in [4.78, 5) is 0.0233. The quantitative estimate of drug-likeness (QED) is 0.858. The van der Waals surface area contributed by atoms with E-state index in [9.17, 15) is 13.5 Å². The van der Waals surface area contributed by atoms with E-state index in [-0.39, 0.29) is 16.6 Å². The van der Waals surface area contributed by atoms with Crippen LogP contribution in [0.25, 0.3) is 0 Å². The standard InChI is InChI=1S/C11H13N3O4S2/c1-7-12-13-11(19-7)14-20(16,17)9-3-4-10(18-2)8(5-9)6-15/h3-5,15H,6H2,1-2H3,(H,13,14). The number of rotatable bonds is 5. The number of anilines is 1. The fraction of sp³-hybridized carbons (Fsp3) is 0.273. The molecule has 0 bridgehead atoms. The minimum Gasteiger partial charge on any atom is -0.496 e. The molecule has 2 aromatic rings. The van der Waals surface area contributed by atoms with Crippen molar-refractivity contribution in [1.82, 2.24) is 10.2 Å². The van der Waals surface area contributed by atoms with Gasteiger partial charge in [-0.3, -0.25) is 4.72 Å². The molecule has 0 fully saturated rings. The van der Waals surface area contributed by atoms with Crippen molar-refractivity contribution < 1.29 is 18.3 Å². The van der Waals surface area contributed by atoms with Gasteiger partial charge in [-0.1, -0.05) is 11.3 Å². The first-order chi connectivity index (χ1) is 9.46. The number of benzene rings is 1. The molecule has 0 saturated carbocycles. The van der Waals surface area contributed by atoms with Gasteiger partial charge in [-0.05, 0) is 25.1 Å². The maximum absolute atomic E-state index is 12.2. The first-order valence-corrected chi connectivity index (χ1v) is 7.87. The summed E-state index contributed by atoms with van der Waals surface area (Å²) in [6, 6.07) is 4.24. The van der Waals surface area contributed by atoms with Gasteiger partial charge < -0.3 is 9.84 Å². The van der Waals surface area contributed by atoms with E-state index >= 15 is 0 Å². The fourth-order valence-electron chi connectivity index (χ4n) is 1.56. The van der Waals surface area contributed by atoms with Gasteiger partial charge in [0.2, 0.25) is 5.13 Å². The summed E-state index contributed by atoms with van der Waals surface area (Å²) in [5.41, 5.74) is 0.392. The SMILES string of the molecule is COc1ccc(S(=O)(=O)Nc2nnc(C)s2)cc1CO. The van der Waals surface area contributed by atoms with Crippen molar-refractivity contribution in [3.8, 4) is 5.75 Å². The van der Waals surface area contributed by atoms with Gasteiger partial charge in [-0.25, -0.2) is 8.42 Å². The van der Waals surface area contributed by atoms with E-state index in [1.54, 1.807) is 6.92 Å². The molecule has 0 spiro atoms. The first-order valence-electron chi connectivity index (χ1n) is 5.57. The molecule has 0 atom stereocenters. The molecule has 20 heavy (non-hydrogen) atoms. The van der Waals surface area contributed by atoms with Crippen LogP contribution >= 0.6 is 11.3 Å². The Morgan fingerprint density at radius 1 is 1.40 bits per heavy atom. The summed E-state index contributed by atoms with van der Waals surface area (Å²) >= 11 is 1.14. The molecule has 0 unspecified atom stereocenters. The minimum absolute atomic E-state index is 0.0233. The highest BCUT2D eigenvalue weighted by atomic mass is 32.2. The number of sulfonamides is 1. The Bertz CT molecular complexity index is 712. The summed E-state index contributed by atoms with van der Waals surface area (Å²) in [5, 5.41) is 17.5. The van der Waals surface area contributed by atoms with Crippen LogP contribution in [0.2, 0.25) is 0 Å². The van der Waals surface area contributed by atoms with Crippen molar-refractivity contribution in [2.24, 2.45) is 0 Å². The molecular formula is C11H13N3O4S2. The van der Waals surface area contributed by atoms with Crippen molar-refractivity contribution >= 4 is 26.5 Å². The minimum atomic E-state index is -3.77. The number of aliphatic hydroxyl groups is 1. The number of nitrogens with zero attached hydrogens (tertiary/aromatic N) is 2. The van der Waals surface area contributed by atoms with Gasteiger partial charge in [0, 0.05) is 5.56 Å². The third-order valence-electron chi connectivity index (χ3n) is 2.48. The van der Waals surface area contributed by atoms with Crippen molar-refractivity contribution in [2.45, 2.75) is 18.4 Å². The highest BCUT2D eigenvalue weighted by Crippen LogP contribution is 2.24. The Hall–Kier alpha value is -1.71. The van der Waals surface area contributed by atoms with Gasteiger partial charge in [0.15, 0.2) is 0 Å². The van der Waals surface area contributed by atoms with Crippen LogP contribution in [0.1, 0.15) is 10.6 Å². The maximum atomic E-state index is 12.2. The van der Waals surface area contributed by atoms with Crippen LogP contribution in [0.15, 0.2) is 23.1 Å². The van der Waals surface area contributed by atoms with Gasteiger partial charge in [0.1, 0.15) is 10.8 Å². The van der Waals surface area contributed by atoms with E-state index in [2.05, 4.69) is 14.9 Å². The lowest BCUT2D eigenvalue weighted by molar-refractivity contribution is 0.273. The van der Waals surface area contributed by atoms with E-state index in [4.69, 9.17) is 4.74 Å². The summed E-state index contributed by atoms with van der Waals surface area (Å²) in [7, 11) is -2.32. The van der Waals surface area contributed by atoms with Crippen LogP contribution in [0, 0.1) is 6.92 Å². The zero-order valence-electron chi connectivity index (χ0n) is 10.8. The number of hydrogen-bond acceptors (Lipinski definition) is 7. The van der Waals surface area contributed by atoms with Crippen molar-refractivity contribution in [2.75, 3.05) is 11.8 Å². The number of aliphatic hydroxyl groups excluding tert-OH is 1. The predicted octanol–water partition coefficient (Wildman–Crippen LogP) is 1.15. The smallest absolute Gasteiger partial charge is 0.263 e. The average molecular weight is 315 g/mol. The Morgan fingerprint density at radius 2 is 2.15 bits per heavy atom. The molecular weight excluding hydrogens is 302 g/mol. The molecule has 1 aromatic heterocycles. The highest BCUT2D eigenvalue weighted by Gasteiger charge is 2.18. The topological polar surface area (TPSA) is 101 Å². The van der Waals surface area contributed by atoms with E-state index in [1.165, 1.54) is 25.3 Å². The van der Waals surface area contributed by atoms with E-state index in [0.29, 0.717) is 16.3 Å². The third kappa shape index (κ3) is 3.06. The second kappa shape index (κ2) is 5.73. The number of aryl methyl sites for hydroxylation is 1. The molecule has 0 aliphatic carbocycles. The van der Waals surface area contributed by atoms with Crippen LogP contribution in [0.4, 0.5) is 5.13 Å². The third-order valence-corrected chi connectivity index (χ3v) is 4.70. The molecule has 108 valence electrons. The molecule has 0 aliphatic rings. The average Bonchev–Trinajstić information content (AvgIpc) is 2.82. The van der Waals surface area contributed by atoms with Crippen LogP contribution in [0.5, 0.6) is 5.75 Å². The molecule has 0 amide bonds. The van der Waals surface area contributed by atoms with E-state index < -0.39 is 10.0 Å². The molecule has 0 aliphatic heterocycles. The van der Waals surface area contributed by atoms with Crippen molar-refractivity contribution in [3.63, 3.8) is 0 Å². The molecule has 0 saturated heterocycles. The Kier molecular flexibility index (Phi) is 4.21. The van der Waals surface area contributed by atoms with Crippen molar-refractivity contribution in [1.29, 1.82) is 0 Å².